The molecule has 8 heavy (non-hydrogen) atoms. The van der Waals surface area contributed by atoms with E-state index in [-0.39, 0.29) is 5.54 Å². The Kier molecular flexibility index (Phi) is 3.09. The van der Waals surface area contributed by atoms with E-state index in [1.807, 2.05) is 14.6 Å². The molecular weight excluding hydrogens is 98.9 g/mol. The van der Waals surface area contributed by atoms with E-state index in [0.29, 0.717) is 0 Å². The van der Waals surface area contributed by atoms with E-state index in [0.717, 1.165) is 0 Å². The third-order valence-corrected chi connectivity index (χ3v) is 0.650. The average Bonchev–Trinajstić information content (AvgIpc) is 1.59. The maximum atomic E-state index is 3.14. The molecule has 0 amide bonds. The molecule has 0 unspecified atom stereocenters. The summed E-state index contributed by atoms with van der Waals surface area (Å²) >= 11 is 0. The molecule has 1 radical (unpaired) electrons. The van der Waals surface area contributed by atoms with E-state index in [1.54, 1.807) is 0 Å². The van der Waals surface area contributed by atoms with Crippen molar-refractivity contribution in [3.8, 4) is 0 Å². The first-order chi connectivity index (χ1) is 3.56. The van der Waals surface area contributed by atoms with Gasteiger partial charge in [-0.25, -0.2) is 0 Å². The van der Waals surface area contributed by atoms with Gasteiger partial charge in [0.25, 0.3) is 0 Å². The Morgan fingerprint density at radius 1 is 1.25 bits per heavy atom. The topological polar surface area (TPSA) is 24.1 Å². The summed E-state index contributed by atoms with van der Waals surface area (Å²) in [5, 5.41) is 6.02. The van der Waals surface area contributed by atoms with Gasteiger partial charge in [0.1, 0.15) is 0 Å². The molecule has 0 heterocycles. The minimum atomic E-state index is 0.184. The molecule has 2 nitrogen and oxygen atoms in total. The Bertz CT molecular complexity index is 57.9. The molecule has 0 aliphatic heterocycles. The van der Waals surface area contributed by atoms with Crippen LogP contribution in [0.5, 0.6) is 0 Å². The van der Waals surface area contributed by atoms with Crippen LogP contribution in [0, 0.1) is 0 Å². The summed E-state index contributed by atoms with van der Waals surface area (Å²) in [7, 11) is 3.71. The van der Waals surface area contributed by atoms with Crippen molar-refractivity contribution in [2.45, 2.75) is 26.3 Å². The normalized spacial score (nSPS) is 11.5. The number of hydrogen-bond donors (Lipinski definition) is 2. The molecule has 0 saturated heterocycles. The molecule has 0 bridgehead atoms. The summed E-state index contributed by atoms with van der Waals surface area (Å²) in [4.78, 5) is 0. The van der Waals surface area contributed by atoms with E-state index in [1.165, 1.54) is 0 Å². The van der Waals surface area contributed by atoms with Crippen molar-refractivity contribution in [1.82, 2.24) is 10.5 Å². The van der Waals surface area contributed by atoms with Crippen LogP contribution in [-0.2, 0) is 0 Å². The number of hydrogen-bond acceptors (Lipinski definition) is 2. The molecule has 3 heteroatoms. The fraction of sp³-hybridized carbons (Fsp3) is 1.00. The molecule has 0 rings (SSSR count). The van der Waals surface area contributed by atoms with Crippen molar-refractivity contribution < 1.29 is 0 Å². The van der Waals surface area contributed by atoms with Gasteiger partial charge in [-0.3, -0.25) is 0 Å². The Hall–Kier alpha value is -0.0151. The summed E-state index contributed by atoms with van der Waals surface area (Å²) in [6, 6.07) is 0. The van der Waals surface area contributed by atoms with Gasteiger partial charge in [-0.05, 0) is 27.8 Å². The largest absolute Gasteiger partial charge is 0.348 e. The number of nitrogens with one attached hydrogen (secondary N) is 2. The van der Waals surface area contributed by atoms with Crippen LogP contribution in [0.4, 0.5) is 0 Å². The lowest BCUT2D eigenvalue weighted by Gasteiger charge is -2.18. The first kappa shape index (κ1) is 7.98. The van der Waals surface area contributed by atoms with Crippen LogP contribution in [0.15, 0.2) is 0 Å². The zero-order valence-corrected chi connectivity index (χ0v) is 6.08. The van der Waals surface area contributed by atoms with Gasteiger partial charge < -0.3 is 10.5 Å². The highest BCUT2D eigenvalue weighted by Crippen LogP contribution is 1.94. The van der Waals surface area contributed by atoms with Crippen LogP contribution < -0.4 is 10.5 Å². The smallest absolute Gasteiger partial charge is 0.307 e. The van der Waals surface area contributed by atoms with Gasteiger partial charge >= 0.3 is 7.55 Å². The molecule has 0 aromatic carbocycles. The third-order valence-electron chi connectivity index (χ3n) is 0.650. The lowest BCUT2D eigenvalue weighted by atomic mass is 10.0. The molecule has 0 aliphatic carbocycles. The molecule has 0 fully saturated rings. The van der Waals surface area contributed by atoms with E-state index in [9.17, 15) is 0 Å². The molecule has 0 aliphatic rings. The predicted molar refractivity (Wildman–Crippen MR) is 37.7 cm³/mol. The maximum Gasteiger partial charge on any atom is 0.307 e. The van der Waals surface area contributed by atoms with Crippen molar-refractivity contribution in [3.63, 3.8) is 0 Å². The molecular formula is C5H14BN2. The Morgan fingerprint density at radius 3 is 1.88 bits per heavy atom. The van der Waals surface area contributed by atoms with Crippen LogP contribution in [0.25, 0.3) is 0 Å². The molecule has 0 aromatic heterocycles. The van der Waals surface area contributed by atoms with Gasteiger partial charge in [0, 0.05) is 5.54 Å². The predicted octanol–water partition coefficient (Wildman–Crippen LogP) is 0.128. The van der Waals surface area contributed by atoms with Crippen LogP contribution in [0.3, 0.4) is 0 Å². The second-order valence-electron chi connectivity index (χ2n) is 2.83. The van der Waals surface area contributed by atoms with Gasteiger partial charge in [-0.15, -0.1) is 0 Å². The van der Waals surface area contributed by atoms with Crippen LogP contribution in [0.2, 0.25) is 0 Å². The SMILES string of the molecule is CN[B]NC(C)(C)C. The molecule has 0 spiro atoms. The zero-order chi connectivity index (χ0) is 6.62. The summed E-state index contributed by atoms with van der Waals surface area (Å²) in [5.41, 5.74) is 0.184. The van der Waals surface area contributed by atoms with Crippen LogP contribution >= 0.6 is 0 Å². The standard InChI is InChI=1S/C5H14BN2/c1-5(2,3)8-6-7-4/h7-8H,1-4H3. The molecule has 2 N–H and O–H groups in total. The zero-order valence-electron chi connectivity index (χ0n) is 6.08. The van der Waals surface area contributed by atoms with Crippen LogP contribution in [0.1, 0.15) is 20.8 Å². The lowest BCUT2D eigenvalue weighted by molar-refractivity contribution is 0.520. The van der Waals surface area contributed by atoms with E-state index in [2.05, 4.69) is 31.2 Å². The second-order valence-corrected chi connectivity index (χ2v) is 2.83. The fourth-order valence-electron chi connectivity index (χ4n) is 0.289. The van der Waals surface area contributed by atoms with Crippen molar-refractivity contribution in [2.24, 2.45) is 0 Å². The second kappa shape index (κ2) is 3.10. The minimum Gasteiger partial charge on any atom is -0.348 e. The Balaban J connectivity index is 3.11. The van der Waals surface area contributed by atoms with Crippen molar-refractivity contribution in [1.29, 1.82) is 0 Å². The van der Waals surface area contributed by atoms with Crippen LogP contribution in [-0.4, -0.2) is 20.1 Å². The highest BCUT2D eigenvalue weighted by molar-refractivity contribution is 6.28. The van der Waals surface area contributed by atoms with E-state index < -0.39 is 0 Å². The summed E-state index contributed by atoms with van der Waals surface area (Å²) in [6.07, 6.45) is 0. The van der Waals surface area contributed by atoms with E-state index >= 15 is 0 Å². The first-order valence-corrected chi connectivity index (χ1v) is 2.83. The van der Waals surface area contributed by atoms with E-state index in [4.69, 9.17) is 0 Å². The summed E-state index contributed by atoms with van der Waals surface area (Å²) < 4.78 is 0. The van der Waals surface area contributed by atoms with Crippen molar-refractivity contribution in [3.05, 3.63) is 0 Å². The van der Waals surface area contributed by atoms with Gasteiger partial charge in [0.15, 0.2) is 0 Å². The molecule has 0 saturated carbocycles. The monoisotopic (exact) mass is 113 g/mol. The molecule has 0 aromatic rings. The van der Waals surface area contributed by atoms with Crippen molar-refractivity contribution in [2.75, 3.05) is 7.05 Å². The summed E-state index contributed by atoms with van der Waals surface area (Å²) in [5.74, 6) is 0. The Labute approximate surface area is 52.3 Å². The van der Waals surface area contributed by atoms with Gasteiger partial charge in [-0.2, -0.15) is 0 Å². The minimum absolute atomic E-state index is 0.184. The lowest BCUT2D eigenvalue weighted by Crippen LogP contribution is -2.43. The van der Waals surface area contributed by atoms with Gasteiger partial charge in [0.2, 0.25) is 0 Å². The van der Waals surface area contributed by atoms with Gasteiger partial charge in [0.05, 0.1) is 0 Å². The molecule has 0 atom stereocenters. The third kappa shape index (κ3) is 5.98. The first-order valence-electron chi connectivity index (χ1n) is 2.83. The maximum absolute atomic E-state index is 3.14. The van der Waals surface area contributed by atoms with Crippen molar-refractivity contribution >= 4 is 7.55 Å². The quantitative estimate of drug-likeness (QED) is 0.497. The summed E-state index contributed by atoms with van der Waals surface area (Å²) in [6.45, 7) is 6.34. The Morgan fingerprint density at radius 2 is 1.75 bits per heavy atom. The highest BCUT2D eigenvalue weighted by Gasteiger charge is 2.06. The molecule has 47 valence electrons. The highest BCUT2D eigenvalue weighted by atomic mass is 14.9. The van der Waals surface area contributed by atoms with Gasteiger partial charge in [-0.1, -0.05) is 0 Å². The fourth-order valence-corrected chi connectivity index (χ4v) is 0.289. The number of rotatable bonds is 2. The average molecular weight is 113 g/mol.